The van der Waals surface area contributed by atoms with Crippen molar-refractivity contribution in [3.8, 4) is 28.6 Å². The fraction of sp³-hybridized carbons (Fsp3) is 0.200. The maximum absolute atomic E-state index is 10.4. The van der Waals surface area contributed by atoms with Crippen LogP contribution in [-0.4, -0.2) is 29.5 Å². The van der Waals surface area contributed by atoms with Crippen molar-refractivity contribution >= 4 is 16.9 Å². The molecule has 0 spiro atoms. The molecule has 2 aromatic heterocycles. The Hall–Kier alpha value is -3.48. The summed E-state index contributed by atoms with van der Waals surface area (Å²) in [5.41, 5.74) is 9.17. The molecule has 4 aromatic rings. The molecule has 138 valence electrons. The summed E-state index contributed by atoms with van der Waals surface area (Å²) in [6.07, 6.45) is 1.99. The van der Waals surface area contributed by atoms with Gasteiger partial charge in [-0.2, -0.15) is 0 Å². The number of nitrogens with zero attached hydrogens (tertiary/aromatic N) is 4. The van der Waals surface area contributed by atoms with Gasteiger partial charge in [0, 0.05) is 30.2 Å². The van der Waals surface area contributed by atoms with Crippen LogP contribution in [0.2, 0.25) is 0 Å². The van der Waals surface area contributed by atoms with E-state index in [2.05, 4.69) is 10.2 Å². The second-order valence-corrected chi connectivity index (χ2v) is 6.97. The Morgan fingerprint density at radius 3 is 2.52 bits per heavy atom. The molecule has 0 aliphatic rings. The van der Waals surface area contributed by atoms with Gasteiger partial charge in [0.2, 0.25) is 5.95 Å². The second kappa shape index (κ2) is 6.05. The van der Waals surface area contributed by atoms with E-state index in [0.717, 1.165) is 22.2 Å². The highest BCUT2D eigenvalue weighted by Gasteiger charge is 2.20. The first-order chi connectivity index (χ1) is 12.9. The zero-order valence-corrected chi connectivity index (χ0v) is 15.4. The number of aromatic hydroxyl groups is 2. The van der Waals surface area contributed by atoms with Crippen LogP contribution in [0.5, 0.6) is 11.5 Å². The Morgan fingerprint density at radius 1 is 1.00 bits per heavy atom. The molecule has 7 heteroatoms. The third kappa shape index (κ3) is 2.68. The van der Waals surface area contributed by atoms with Crippen molar-refractivity contribution in [1.82, 2.24) is 19.3 Å². The molecular weight excluding hydrogens is 342 g/mol. The van der Waals surface area contributed by atoms with Gasteiger partial charge in [-0.3, -0.25) is 4.57 Å². The average molecular weight is 363 g/mol. The predicted octanol–water partition coefficient (Wildman–Crippen LogP) is 3.54. The first kappa shape index (κ1) is 17.0. The quantitative estimate of drug-likeness (QED) is 0.517. The minimum Gasteiger partial charge on any atom is -0.508 e. The van der Waals surface area contributed by atoms with Crippen LogP contribution in [-0.2, 0) is 7.05 Å². The SMILES string of the molecule is CC(C)c1cc(-c2nnc(N)n2-c2ccc3c(ccn3C)c2)c(O)cc1O. The Morgan fingerprint density at radius 2 is 1.78 bits per heavy atom. The summed E-state index contributed by atoms with van der Waals surface area (Å²) in [6, 6.07) is 11.0. The van der Waals surface area contributed by atoms with Crippen LogP contribution >= 0.6 is 0 Å². The van der Waals surface area contributed by atoms with Crippen LogP contribution in [0.4, 0.5) is 5.95 Å². The van der Waals surface area contributed by atoms with Crippen molar-refractivity contribution in [3.63, 3.8) is 0 Å². The maximum atomic E-state index is 10.4. The van der Waals surface area contributed by atoms with Gasteiger partial charge in [0.15, 0.2) is 5.82 Å². The van der Waals surface area contributed by atoms with E-state index in [4.69, 9.17) is 5.73 Å². The van der Waals surface area contributed by atoms with E-state index in [-0.39, 0.29) is 23.4 Å². The highest BCUT2D eigenvalue weighted by atomic mass is 16.3. The van der Waals surface area contributed by atoms with Crippen LogP contribution in [0.15, 0.2) is 42.6 Å². The van der Waals surface area contributed by atoms with Gasteiger partial charge in [-0.15, -0.1) is 10.2 Å². The number of fused-ring (bicyclic) bond motifs is 1. The molecule has 0 aliphatic heterocycles. The summed E-state index contributed by atoms with van der Waals surface area (Å²) < 4.78 is 3.74. The molecule has 0 unspecified atom stereocenters. The standard InChI is InChI=1S/C20H21N5O2/c1-11(2)14-9-15(18(27)10-17(14)26)19-22-23-20(21)25(19)13-4-5-16-12(8-13)6-7-24(16)3/h4-11,26-27H,1-3H3,(H2,21,23). The molecule has 0 saturated heterocycles. The summed E-state index contributed by atoms with van der Waals surface area (Å²) in [5.74, 6) is 0.696. The van der Waals surface area contributed by atoms with Gasteiger partial charge in [0.25, 0.3) is 0 Å². The van der Waals surface area contributed by atoms with Crippen LogP contribution in [0.1, 0.15) is 25.3 Å². The van der Waals surface area contributed by atoms with Gasteiger partial charge < -0.3 is 20.5 Å². The molecular formula is C20H21N5O2. The van der Waals surface area contributed by atoms with E-state index in [1.54, 1.807) is 10.6 Å². The molecule has 0 aliphatic carbocycles. The first-order valence-electron chi connectivity index (χ1n) is 8.69. The van der Waals surface area contributed by atoms with Crippen LogP contribution in [0.25, 0.3) is 28.0 Å². The third-order valence-corrected chi connectivity index (χ3v) is 4.82. The maximum Gasteiger partial charge on any atom is 0.226 e. The van der Waals surface area contributed by atoms with Crippen LogP contribution in [0.3, 0.4) is 0 Å². The number of nitrogen functional groups attached to an aromatic ring is 1. The Labute approximate surface area is 156 Å². The number of hydrogen-bond acceptors (Lipinski definition) is 5. The van der Waals surface area contributed by atoms with Crippen molar-refractivity contribution in [3.05, 3.63) is 48.2 Å². The van der Waals surface area contributed by atoms with E-state index in [9.17, 15) is 10.2 Å². The summed E-state index contributed by atoms with van der Waals surface area (Å²) in [7, 11) is 1.99. The monoisotopic (exact) mass is 363 g/mol. The third-order valence-electron chi connectivity index (χ3n) is 4.82. The first-order valence-corrected chi connectivity index (χ1v) is 8.69. The summed E-state index contributed by atoms with van der Waals surface area (Å²) in [5, 5.41) is 29.8. The molecule has 0 bridgehead atoms. The molecule has 0 atom stereocenters. The number of phenols is 2. The average Bonchev–Trinajstić information content (AvgIpc) is 3.17. The minimum atomic E-state index is -0.0775. The largest absolute Gasteiger partial charge is 0.508 e. The predicted molar refractivity (Wildman–Crippen MR) is 105 cm³/mol. The van der Waals surface area contributed by atoms with Crippen molar-refractivity contribution in [1.29, 1.82) is 0 Å². The molecule has 2 aromatic carbocycles. The summed E-state index contributed by atoms with van der Waals surface area (Å²) >= 11 is 0. The molecule has 7 nitrogen and oxygen atoms in total. The molecule has 4 N–H and O–H groups in total. The van der Waals surface area contributed by atoms with Gasteiger partial charge in [-0.05, 0) is 41.8 Å². The lowest BCUT2D eigenvalue weighted by Gasteiger charge is -2.14. The van der Waals surface area contributed by atoms with Crippen LogP contribution < -0.4 is 5.73 Å². The van der Waals surface area contributed by atoms with Gasteiger partial charge in [0.1, 0.15) is 11.5 Å². The zero-order chi connectivity index (χ0) is 19.3. The van der Waals surface area contributed by atoms with E-state index < -0.39 is 0 Å². The number of anilines is 1. The molecule has 0 saturated carbocycles. The Bertz CT molecular complexity index is 1160. The number of aromatic nitrogens is 4. The molecule has 4 rings (SSSR count). The number of rotatable bonds is 3. The van der Waals surface area contributed by atoms with Crippen molar-refractivity contribution in [2.24, 2.45) is 7.05 Å². The highest BCUT2D eigenvalue weighted by molar-refractivity contribution is 5.83. The minimum absolute atomic E-state index is 0.0518. The Kier molecular flexibility index (Phi) is 3.80. The van der Waals surface area contributed by atoms with Crippen LogP contribution in [0, 0.1) is 0 Å². The summed E-state index contributed by atoms with van der Waals surface area (Å²) in [4.78, 5) is 0. The van der Waals surface area contributed by atoms with Gasteiger partial charge in [-0.1, -0.05) is 13.8 Å². The van der Waals surface area contributed by atoms with Gasteiger partial charge >= 0.3 is 0 Å². The van der Waals surface area contributed by atoms with E-state index in [0.29, 0.717) is 11.4 Å². The number of benzene rings is 2. The zero-order valence-electron chi connectivity index (χ0n) is 15.4. The van der Waals surface area contributed by atoms with E-state index in [1.807, 2.05) is 55.9 Å². The number of phenolic OH excluding ortho intramolecular Hbond substituents is 2. The fourth-order valence-corrected chi connectivity index (χ4v) is 3.37. The molecule has 2 heterocycles. The second-order valence-electron chi connectivity index (χ2n) is 6.97. The van der Waals surface area contributed by atoms with E-state index >= 15 is 0 Å². The molecule has 27 heavy (non-hydrogen) atoms. The van der Waals surface area contributed by atoms with Gasteiger partial charge in [-0.25, -0.2) is 0 Å². The molecule has 0 radical (unpaired) electrons. The lowest BCUT2D eigenvalue weighted by Crippen LogP contribution is -2.03. The van der Waals surface area contributed by atoms with Gasteiger partial charge in [0.05, 0.1) is 11.3 Å². The number of nitrogens with two attached hydrogens (primary N) is 1. The summed E-state index contributed by atoms with van der Waals surface area (Å²) in [6.45, 7) is 3.94. The normalized spacial score (nSPS) is 11.6. The van der Waals surface area contributed by atoms with Crippen molar-refractivity contribution in [2.45, 2.75) is 19.8 Å². The highest BCUT2D eigenvalue weighted by Crippen LogP contribution is 2.38. The number of hydrogen-bond donors (Lipinski definition) is 3. The molecule has 0 amide bonds. The van der Waals surface area contributed by atoms with Crippen molar-refractivity contribution < 1.29 is 10.2 Å². The smallest absolute Gasteiger partial charge is 0.226 e. The Balaban J connectivity index is 1.93. The lowest BCUT2D eigenvalue weighted by atomic mass is 9.98. The topological polar surface area (TPSA) is 102 Å². The lowest BCUT2D eigenvalue weighted by molar-refractivity contribution is 0.444. The van der Waals surface area contributed by atoms with Crippen molar-refractivity contribution in [2.75, 3.05) is 5.73 Å². The van der Waals surface area contributed by atoms with E-state index in [1.165, 1.54) is 6.07 Å². The fourth-order valence-electron chi connectivity index (χ4n) is 3.37. The molecule has 0 fully saturated rings. The number of aryl methyl sites for hydroxylation is 1.